The van der Waals surface area contributed by atoms with Gasteiger partial charge in [-0.05, 0) is 44.8 Å². The van der Waals surface area contributed by atoms with Crippen molar-refractivity contribution in [3.05, 3.63) is 53.7 Å². The standard InChI is InChI=1S/C21H27N3O3/c1-3-11-22-20(26)18-15-27-19(23-18)14-24-12-9-21(10-13-24,16(2)25)17-7-5-4-6-8-17/h4-8,15H,3,9-14H2,1-2H3,(H,22,26). The second kappa shape index (κ2) is 8.48. The number of nitrogens with zero attached hydrogens (tertiary/aromatic N) is 2. The number of carbonyl (C=O) groups excluding carboxylic acids is 2. The maximum Gasteiger partial charge on any atom is 0.273 e. The molecular formula is C21H27N3O3. The summed E-state index contributed by atoms with van der Waals surface area (Å²) in [6.45, 7) is 6.44. The highest BCUT2D eigenvalue weighted by molar-refractivity contribution is 5.91. The first-order chi connectivity index (χ1) is 13.0. The summed E-state index contributed by atoms with van der Waals surface area (Å²) in [7, 11) is 0. The predicted molar refractivity (Wildman–Crippen MR) is 102 cm³/mol. The summed E-state index contributed by atoms with van der Waals surface area (Å²) >= 11 is 0. The van der Waals surface area contributed by atoms with Gasteiger partial charge >= 0.3 is 0 Å². The molecule has 0 radical (unpaired) electrons. The highest BCUT2D eigenvalue weighted by Crippen LogP contribution is 2.36. The third-order valence-corrected chi connectivity index (χ3v) is 5.39. The van der Waals surface area contributed by atoms with Crippen LogP contribution in [0.4, 0.5) is 0 Å². The monoisotopic (exact) mass is 369 g/mol. The fourth-order valence-corrected chi connectivity index (χ4v) is 3.70. The number of carbonyl (C=O) groups is 2. The van der Waals surface area contributed by atoms with Gasteiger partial charge in [0.1, 0.15) is 12.0 Å². The highest BCUT2D eigenvalue weighted by Gasteiger charge is 2.40. The van der Waals surface area contributed by atoms with Crippen molar-refractivity contribution in [2.75, 3.05) is 19.6 Å². The molecule has 1 aromatic heterocycles. The molecule has 1 aromatic carbocycles. The minimum Gasteiger partial charge on any atom is -0.447 e. The Morgan fingerprint density at radius 2 is 1.93 bits per heavy atom. The molecule has 6 heteroatoms. The zero-order valence-corrected chi connectivity index (χ0v) is 16.0. The van der Waals surface area contributed by atoms with Crippen LogP contribution in [-0.2, 0) is 16.8 Å². The molecule has 1 aliphatic heterocycles. The van der Waals surface area contributed by atoms with Crippen molar-refractivity contribution >= 4 is 11.7 Å². The zero-order chi connectivity index (χ0) is 19.3. The van der Waals surface area contributed by atoms with Gasteiger partial charge in [0.25, 0.3) is 5.91 Å². The second-order valence-electron chi connectivity index (χ2n) is 7.16. The van der Waals surface area contributed by atoms with Gasteiger partial charge in [-0.2, -0.15) is 0 Å². The van der Waals surface area contributed by atoms with Crippen molar-refractivity contribution in [1.29, 1.82) is 0 Å². The zero-order valence-electron chi connectivity index (χ0n) is 16.0. The van der Waals surface area contributed by atoms with Crippen LogP contribution in [0.3, 0.4) is 0 Å². The van der Waals surface area contributed by atoms with Gasteiger partial charge in [-0.1, -0.05) is 37.3 Å². The van der Waals surface area contributed by atoms with E-state index < -0.39 is 5.41 Å². The minimum absolute atomic E-state index is 0.204. The Labute approximate surface area is 160 Å². The molecule has 1 N–H and O–H groups in total. The van der Waals surface area contributed by atoms with Crippen molar-refractivity contribution < 1.29 is 14.0 Å². The average Bonchev–Trinajstić information content (AvgIpc) is 3.16. The van der Waals surface area contributed by atoms with Gasteiger partial charge in [-0.25, -0.2) is 4.98 Å². The molecule has 6 nitrogen and oxygen atoms in total. The number of nitrogens with one attached hydrogen (secondary N) is 1. The van der Waals surface area contributed by atoms with Crippen LogP contribution in [0.1, 0.15) is 55.1 Å². The summed E-state index contributed by atoms with van der Waals surface area (Å²) in [4.78, 5) is 30.9. The fraction of sp³-hybridized carbons (Fsp3) is 0.476. The van der Waals surface area contributed by atoms with Gasteiger partial charge in [-0.15, -0.1) is 0 Å². The number of hydrogen-bond donors (Lipinski definition) is 1. The number of amides is 1. The van der Waals surface area contributed by atoms with Crippen molar-refractivity contribution in [3.8, 4) is 0 Å². The van der Waals surface area contributed by atoms with Gasteiger partial charge in [0.15, 0.2) is 5.69 Å². The van der Waals surface area contributed by atoms with Gasteiger partial charge < -0.3 is 9.73 Å². The van der Waals surface area contributed by atoms with E-state index in [4.69, 9.17) is 4.42 Å². The van der Waals surface area contributed by atoms with Crippen LogP contribution in [-0.4, -0.2) is 41.2 Å². The van der Waals surface area contributed by atoms with E-state index in [1.165, 1.54) is 6.26 Å². The van der Waals surface area contributed by atoms with Gasteiger partial charge in [0.2, 0.25) is 5.89 Å². The largest absolute Gasteiger partial charge is 0.447 e. The van der Waals surface area contributed by atoms with Crippen LogP contribution in [0.5, 0.6) is 0 Å². The van der Waals surface area contributed by atoms with Gasteiger partial charge in [0.05, 0.1) is 12.0 Å². The lowest BCUT2D eigenvalue weighted by atomic mass is 9.70. The molecule has 27 heavy (non-hydrogen) atoms. The molecule has 1 saturated heterocycles. The smallest absolute Gasteiger partial charge is 0.273 e. The van der Waals surface area contributed by atoms with E-state index in [2.05, 4.69) is 15.2 Å². The van der Waals surface area contributed by atoms with Crippen molar-refractivity contribution in [1.82, 2.24) is 15.2 Å². The SMILES string of the molecule is CCCNC(=O)c1coc(CN2CCC(C(C)=O)(c3ccccc3)CC2)n1. The molecule has 3 rings (SSSR count). The molecule has 0 bridgehead atoms. The lowest BCUT2D eigenvalue weighted by molar-refractivity contribution is -0.124. The molecular weight excluding hydrogens is 342 g/mol. The van der Waals surface area contributed by atoms with E-state index in [1.807, 2.05) is 37.3 Å². The fourth-order valence-electron chi connectivity index (χ4n) is 3.70. The Morgan fingerprint density at radius 1 is 1.22 bits per heavy atom. The van der Waals surface area contributed by atoms with E-state index in [9.17, 15) is 9.59 Å². The molecule has 1 fully saturated rings. The van der Waals surface area contributed by atoms with E-state index in [0.717, 1.165) is 37.9 Å². The summed E-state index contributed by atoms with van der Waals surface area (Å²) in [5, 5.41) is 2.79. The molecule has 144 valence electrons. The topological polar surface area (TPSA) is 75.4 Å². The normalized spacial score (nSPS) is 16.8. The van der Waals surface area contributed by atoms with Crippen LogP contribution in [0, 0.1) is 0 Å². The number of aromatic nitrogens is 1. The number of benzene rings is 1. The summed E-state index contributed by atoms with van der Waals surface area (Å²) in [6, 6.07) is 10.1. The first-order valence-corrected chi connectivity index (χ1v) is 9.56. The first kappa shape index (κ1) is 19.3. The predicted octanol–water partition coefficient (Wildman–Crippen LogP) is 2.94. The lowest BCUT2D eigenvalue weighted by Gasteiger charge is -2.40. The van der Waals surface area contributed by atoms with Crippen molar-refractivity contribution in [2.45, 2.75) is 45.1 Å². The van der Waals surface area contributed by atoms with E-state index in [1.54, 1.807) is 6.92 Å². The molecule has 0 saturated carbocycles. The second-order valence-corrected chi connectivity index (χ2v) is 7.16. The Balaban J connectivity index is 1.62. The van der Waals surface area contributed by atoms with Gasteiger partial charge in [-0.3, -0.25) is 14.5 Å². The molecule has 2 aromatic rings. The number of likely N-dealkylation sites (tertiary alicyclic amines) is 1. The highest BCUT2D eigenvalue weighted by atomic mass is 16.3. The maximum absolute atomic E-state index is 12.5. The molecule has 1 amide bonds. The Kier molecular flexibility index (Phi) is 6.06. The van der Waals surface area contributed by atoms with Crippen LogP contribution in [0.15, 0.2) is 41.0 Å². The molecule has 0 atom stereocenters. The van der Waals surface area contributed by atoms with Crippen molar-refractivity contribution in [3.63, 3.8) is 0 Å². The van der Waals surface area contributed by atoms with Crippen LogP contribution in [0.2, 0.25) is 0 Å². The summed E-state index contributed by atoms with van der Waals surface area (Å²) in [5.41, 5.74) is 1.01. The third kappa shape index (κ3) is 4.27. The molecule has 0 aliphatic carbocycles. The molecule has 0 unspecified atom stereocenters. The van der Waals surface area contributed by atoms with E-state index >= 15 is 0 Å². The number of ketones is 1. The Morgan fingerprint density at radius 3 is 2.56 bits per heavy atom. The molecule has 2 heterocycles. The average molecular weight is 369 g/mol. The minimum atomic E-state index is -0.403. The number of piperidine rings is 1. The van der Waals surface area contributed by atoms with Crippen LogP contribution < -0.4 is 5.32 Å². The number of Topliss-reactive ketones (excluding diaryl/α,β-unsaturated/α-hetero) is 1. The number of rotatable bonds is 7. The number of hydrogen-bond acceptors (Lipinski definition) is 5. The lowest BCUT2D eigenvalue weighted by Crippen LogP contribution is -2.46. The van der Waals surface area contributed by atoms with Crippen LogP contribution >= 0.6 is 0 Å². The quantitative estimate of drug-likeness (QED) is 0.812. The molecule has 1 aliphatic rings. The Bertz CT molecular complexity index is 777. The Hall–Kier alpha value is -2.47. The molecule has 0 spiro atoms. The number of oxazole rings is 1. The van der Waals surface area contributed by atoms with E-state index in [0.29, 0.717) is 24.7 Å². The van der Waals surface area contributed by atoms with Crippen LogP contribution in [0.25, 0.3) is 0 Å². The third-order valence-electron chi connectivity index (χ3n) is 5.39. The summed E-state index contributed by atoms with van der Waals surface area (Å²) in [6.07, 6.45) is 3.84. The van der Waals surface area contributed by atoms with E-state index in [-0.39, 0.29) is 11.7 Å². The van der Waals surface area contributed by atoms with Gasteiger partial charge in [0, 0.05) is 6.54 Å². The first-order valence-electron chi connectivity index (χ1n) is 9.56. The summed E-state index contributed by atoms with van der Waals surface area (Å²) < 4.78 is 5.47. The maximum atomic E-state index is 12.5. The summed E-state index contributed by atoms with van der Waals surface area (Å²) in [5.74, 6) is 0.552. The van der Waals surface area contributed by atoms with Crippen molar-refractivity contribution in [2.24, 2.45) is 0 Å².